The second kappa shape index (κ2) is 9.26. The first-order valence-corrected chi connectivity index (χ1v) is 9.46. The van der Waals surface area contributed by atoms with Crippen molar-refractivity contribution in [1.29, 1.82) is 0 Å². The van der Waals surface area contributed by atoms with Crippen LogP contribution in [0.2, 0.25) is 0 Å². The normalized spacial score (nSPS) is 14.7. The van der Waals surface area contributed by atoms with Crippen LogP contribution in [0.25, 0.3) is 0 Å². The lowest BCUT2D eigenvalue weighted by Gasteiger charge is -2.22. The molecule has 2 aromatic rings. The molecule has 1 fully saturated rings. The first kappa shape index (κ1) is 19.0. The number of aryl methyl sites for hydroxylation is 1. The average molecular weight is 369 g/mol. The van der Waals surface area contributed by atoms with E-state index >= 15 is 0 Å². The van der Waals surface area contributed by atoms with Crippen LogP contribution in [0.3, 0.4) is 0 Å². The zero-order chi connectivity index (χ0) is 19.1. The molecule has 0 radical (unpaired) electrons. The van der Waals surface area contributed by atoms with Crippen LogP contribution >= 0.6 is 0 Å². The van der Waals surface area contributed by atoms with Crippen LogP contribution in [0, 0.1) is 0 Å². The number of rotatable bonds is 6. The number of carbonyl (C=O) groups excluding carboxylic acids is 2. The fraction of sp³-hybridized carbons (Fsp3) is 0.429. The molecule has 0 spiro atoms. The number of methoxy groups -OCH3 is 1. The largest absolute Gasteiger partial charge is 0.497 e. The molecule has 0 aliphatic carbocycles. The minimum absolute atomic E-state index is 0.125. The highest BCUT2D eigenvalue weighted by Crippen LogP contribution is 2.15. The highest BCUT2D eigenvalue weighted by atomic mass is 16.5. The Bertz CT molecular complexity index is 758. The lowest BCUT2D eigenvalue weighted by atomic mass is 10.1. The van der Waals surface area contributed by atoms with Crippen molar-refractivity contribution in [2.75, 3.05) is 33.3 Å². The Morgan fingerprint density at radius 2 is 1.81 bits per heavy atom. The van der Waals surface area contributed by atoms with E-state index < -0.39 is 0 Å². The van der Waals surface area contributed by atoms with Crippen LogP contribution in [0.1, 0.15) is 24.0 Å². The lowest BCUT2D eigenvalue weighted by Crippen LogP contribution is -2.38. The van der Waals surface area contributed by atoms with Crippen molar-refractivity contribution in [3.63, 3.8) is 0 Å². The van der Waals surface area contributed by atoms with Crippen molar-refractivity contribution < 1.29 is 14.3 Å². The Kier molecular flexibility index (Phi) is 6.52. The number of benzene rings is 1. The summed E-state index contributed by atoms with van der Waals surface area (Å²) < 4.78 is 5.23. The average Bonchev–Trinajstić information content (AvgIpc) is 3.07. The molecule has 144 valence electrons. The van der Waals surface area contributed by atoms with Gasteiger partial charge < -0.3 is 19.5 Å². The topological polar surface area (TPSA) is 65.6 Å². The van der Waals surface area contributed by atoms with Crippen LogP contribution in [0.15, 0.2) is 42.7 Å². The molecule has 0 saturated carbocycles. The fourth-order valence-corrected chi connectivity index (χ4v) is 3.41. The molecular weight excluding hydrogens is 342 g/mol. The number of aromatic nitrogens is 1. The zero-order valence-electron chi connectivity index (χ0n) is 15.8. The molecule has 3 rings (SSSR count). The maximum atomic E-state index is 12.6. The maximum absolute atomic E-state index is 12.6. The first-order valence-electron chi connectivity index (χ1n) is 9.46. The fourth-order valence-electron chi connectivity index (χ4n) is 3.41. The van der Waals surface area contributed by atoms with E-state index in [2.05, 4.69) is 4.98 Å². The number of hydrogen-bond donors (Lipinski definition) is 1. The number of hydrogen-bond acceptors (Lipinski definition) is 3. The van der Waals surface area contributed by atoms with E-state index in [1.54, 1.807) is 7.11 Å². The van der Waals surface area contributed by atoms with Crippen molar-refractivity contribution in [3.05, 3.63) is 53.9 Å². The van der Waals surface area contributed by atoms with Crippen molar-refractivity contribution >= 4 is 11.8 Å². The van der Waals surface area contributed by atoms with Crippen molar-refractivity contribution in [3.8, 4) is 5.75 Å². The number of nitrogens with zero attached hydrogens (tertiary/aromatic N) is 2. The third-order valence-electron chi connectivity index (χ3n) is 4.98. The Hall–Kier alpha value is -2.76. The van der Waals surface area contributed by atoms with E-state index in [4.69, 9.17) is 4.74 Å². The molecule has 1 aromatic carbocycles. The number of amides is 2. The van der Waals surface area contributed by atoms with Crippen LogP contribution in [-0.2, 0) is 22.4 Å². The quantitative estimate of drug-likeness (QED) is 0.849. The molecule has 1 aromatic heterocycles. The minimum atomic E-state index is 0.125. The van der Waals surface area contributed by atoms with Crippen LogP contribution < -0.4 is 4.74 Å². The van der Waals surface area contributed by atoms with Gasteiger partial charge in [-0.15, -0.1) is 0 Å². The van der Waals surface area contributed by atoms with Gasteiger partial charge in [-0.3, -0.25) is 9.59 Å². The van der Waals surface area contributed by atoms with Crippen molar-refractivity contribution in [1.82, 2.24) is 14.8 Å². The van der Waals surface area contributed by atoms with Gasteiger partial charge >= 0.3 is 0 Å². The van der Waals surface area contributed by atoms with Crippen LogP contribution in [0.5, 0.6) is 5.75 Å². The number of nitrogens with one attached hydrogen (secondary N) is 1. The second-order valence-electron chi connectivity index (χ2n) is 6.86. The monoisotopic (exact) mass is 369 g/mol. The van der Waals surface area contributed by atoms with Gasteiger partial charge in [0.15, 0.2) is 0 Å². The molecule has 6 heteroatoms. The SMILES string of the molecule is COc1cccc(CCC(=O)N2CCCN(C(=O)Cc3cc[nH]c3)CC2)c1. The molecule has 2 amide bonds. The molecule has 1 saturated heterocycles. The number of ether oxygens (including phenoxy) is 1. The molecule has 6 nitrogen and oxygen atoms in total. The summed E-state index contributed by atoms with van der Waals surface area (Å²) in [7, 11) is 1.64. The molecule has 0 unspecified atom stereocenters. The van der Waals surface area contributed by atoms with E-state index in [9.17, 15) is 9.59 Å². The van der Waals surface area contributed by atoms with E-state index in [0.717, 1.165) is 23.3 Å². The standard InChI is InChI=1S/C21H27N3O3/c1-27-19-5-2-4-17(14-19)6-7-20(25)23-10-3-11-24(13-12-23)21(26)15-18-8-9-22-16-18/h2,4-5,8-9,14,16,22H,3,6-7,10-13,15H2,1H3. The summed E-state index contributed by atoms with van der Waals surface area (Å²) in [5.74, 6) is 1.09. The van der Waals surface area contributed by atoms with Crippen molar-refractivity contribution in [2.24, 2.45) is 0 Å². The second-order valence-corrected chi connectivity index (χ2v) is 6.86. The molecule has 1 N–H and O–H groups in total. The van der Waals surface area contributed by atoms with Crippen LogP contribution in [-0.4, -0.2) is 59.9 Å². The summed E-state index contributed by atoms with van der Waals surface area (Å²) in [5.41, 5.74) is 2.09. The molecule has 1 aliphatic heterocycles. The number of H-pyrrole nitrogens is 1. The van der Waals surface area contributed by atoms with E-state index in [1.165, 1.54) is 0 Å². The first-order chi connectivity index (χ1) is 13.2. The van der Waals surface area contributed by atoms with Gasteiger partial charge in [0.2, 0.25) is 11.8 Å². The zero-order valence-corrected chi connectivity index (χ0v) is 15.8. The summed E-state index contributed by atoms with van der Waals surface area (Å²) in [5, 5.41) is 0. The Balaban J connectivity index is 1.48. The van der Waals surface area contributed by atoms with Gasteiger partial charge in [0, 0.05) is 45.0 Å². The summed E-state index contributed by atoms with van der Waals surface area (Å²) >= 11 is 0. The highest BCUT2D eigenvalue weighted by molar-refractivity contribution is 5.79. The van der Waals surface area contributed by atoms with E-state index in [0.29, 0.717) is 45.4 Å². The Labute approximate surface area is 160 Å². The third-order valence-corrected chi connectivity index (χ3v) is 4.98. The molecule has 0 atom stereocenters. The predicted molar refractivity (Wildman–Crippen MR) is 104 cm³/mol. The minimum Gasteiger partial charge on any atom is -0.497 e. The van der Waals surface area contributed by atoms with Gasteiger partial charge in [0.05, 0.1) is 13.5 Å². The summed E-state index contributed by atoms with van der Waals surface area (Å²) in [4.78, 5) is 31.8. The smallest absolute Gasteiger partial charge is 0.227 e. The summed E-state index contributed by atoms with van der Waals surface area (Å²) in [6, 6.07) is 9.75. The molecule has 0 bridgehead atoms. The molecular formula is C21H27N3O3. The summed E-state index contributed by atoms with van der Waals surface area (Å²) in [6.45, 7) is 2.64. The van der Waals surface area contributed by atoms with Gasteiger partial charge in [0.1, 0.15) is 5.75 Å². The number of aromatic amines is 1. The van der Waals surface area contributed by atoms with Gasteiger partial charge in [-0.2, -0.15) is 0 Å². The molecule has 2 heterocycles. The predicted octanol–water partition coefficient (Wildman–Crippen LogP) is 2.26. The van der Waals surface area contributed by atoms with Gasteiger partial charge in [-0.25, -0.2) is 0 Å². The van der Waals surface area contributed by atoms with Crippen molar-refractivity contribution in [2.45, 2.75) is 25.7 Å². The van der Waals surface area contributed by atoms with Crippen LogP contribution in [0.4, 0.5) is 0 Å². The third kappa shape index (κ3) is 5.36. The van der Waals surface area contributed by atoms with Gasteiger partial charge in [0.25, 0.3) is 0 Å². The van der Waals surface area contributed by atoms with E-state index in [1.807, 2.05) is 52.5 Å². The number of carbonyl (C=O) groups is 2. The Morgan fingerprint density at radius 1 is 1.04 bits per heavy atom. The highest BCUT2D eigenvalue weighted by Gasteiger charge is 2.22. The Morgan fingerprint density at radius 3 is 2.52 bits per heavy atom. The summed E-state index contributed by atoms with van der Waals surface area (Å²) in [6.07, 6.45) is 6.09. The lowest BCUT2D eigenvalue weighted by molar-refractivity contribution is -0.133. The van der Waals surface area contributed by atoms with E-state index in [-0.39, 0.29) is 11.8 Å². The molecule has 1 aliphatic rings. The van der Waals surface area contributed by atoms with Gasteiger partial charge in [-0.05, 0) is 42.2 Å². The van der Waals surface area contributed by atoms with Gasteiger partial charge in [-0.1, -0.05) is 12.1 Å². The molecule has 27 heavy (non-hydrogen) atoms. The maximum Gasteiger partial charge on any atom is 0.227 e.